The fraction of sp³-hybridized carbons (Fsp3) is 0.556. The van der Waals surface area contributed by atoms with Gasteiger partial charge in [-0.15, -0.1) is 0 Å². The van der Waals surface area contributed by atoms with E-state index in [4.69, 9.17) is 0 Å². The van der Waals surface area contributed by atoms with E-state index in [1.165, 1.54) is 0 Å². The van der Waals surface area contributed by atoms with E-state index >= 15 is 0 Å². The van der Waals surface area contributed by atoms with Crippen LogP contribution in [0.5, 0.6) is 0 Å². The summed E-state index contributed by atoms with van der Waals surface area (Å²) < 4.78 is 0. The highest BCUT2D eigenvalue weighted by atomic mass is 16.2. The molecule has 0 spiro atoms. The topological polar surface area (TPSA) is 82.3 Å². The molecule has 134 valence electrons. The minimum absolute atomic E-state index is 0.0103. The summed E-state index contributed by atoms with van der Waals surface area (Å²) in [6, 6.07) is 8.77. The standard InChI is InChI=1S/C18H30N4O2/c1-4-10-19-11-12-20-17(23)16(14(2)3)22-18(24)21-13-15-8-6-5-7-9-15/h5-9,14,16,19H,4,10-13H2,1-3H3,(H,20,23)(H2,21,22,24). The third kappa shape index (κ3) is 7.97. The van der Waals surface area contributed by atoms with E-state index in [0.29, 0.717) is 13.1 Å². The molecule has 0 aliphatic carbocycles. The van der Waals surface area contributed by atoms with Gasteiger partial charge in [0.1, 0.15) is 6.04 Å². The summed E-state index contributed by atoms with van der Waals surface area (Å²) in [5, 5.41) is 11.6. The summed E-state index contributed by atoms with van der Waals surface area (Å²) in [4.78, 5) is 24.3. The molecule has 0 bridgehead atoms. The summed E-state index contributed by atoms with van der Waals surface area (Å²) in [5.41, 5.74) is 1.01. The van der Waals surface area contributed by atoms with Crippen molar-refractivity contribution in [3.8, 4) is 0 Å². The molecule has 0 aromatic heterocycles. The van der Waals surface area contributed by atoms with Gasteiger partial charge in [0.15, 0.2) is 0 Å². The van der Waals surface area contributed by atoms with Crippen LogP contribution in [0.25, 0.3) is 0 Å². The van der Waals surface area contributed by atoms with Gasteiger partial charge in [-0.2, -0.15) is 0 Å². The Balaban J connectivity index is 2.38. The summed E-state index contributed by atoms with van der Waals surface area (Å²) in [6.45, 7) is 8.57. The van der Waals surface area contributed by atoms with Gasteiger partial charge < -0.3 is 21.3 Å². The third-order valence-corrected chi connectivity index (χ3v) is 3.56. The lowest BCUT2D eigenvalue weighted by Gasteiger charge is -2.22. The fourth-order valence-corrected chi connectivity index (χ4v) is 2.19. The smallest absolute Gasteiger partial charge is 0.315 e. The first kappa shape index (κ1) is 20.0. The molecule has 1 rings (SSSR count). The van der Waals surface area contributed by atoms with Crippen LogP contribution in [-0.2, 0) is 11.3 Å². The minimum atomic E-state index is -0.549. The molecule has 1 atom stereocenters. The van der Waals surface area contributed by atoms with E-state index in [2.05, 4.69) is 28.2 Å². The normalized spacial score (nSPS) is 11.8. The van der Waals surface area contributed by atoms with Crippen molar-refractivity contribution in [1.82, 2.24) is 21.3 Å². The maximum atomic E-state index is 12.2. The summed E-state index contributed by atoms with van der Waals surface area (Å²) in [7, 11) is 0. The van der Waals surface area contributed by atoms with Gasteiger partial charge in [-0.1, -0.05) is 51.1 Å². The molecule has 24 heavy (non-hydrogen) atoms. The first-order valence-corrected chi connectivity index (χ1v) is 8.61. The first-order chi connectivity index (χ1) is 11.5. The second kappa shape index (κ2) is 11.5. The SMILES string of the molecule is CCCNCCNC(=O)C(NC(=O)NCc1ccccc1)C(C)C. The quantitative estimate of drug-likeness (QED) is 0.491. The molecular weight excluding hydrogens is 304 g/mol. The number of urea groups is 1. The van der Waals surface area contributed by atoms with E-state index in [1.807, 2.05) is 44.2 Å². The lowest BCUT2D eigenvalue weighted by Crippen LogP contribution is -2.53. The highest BCUT2D eigenvalue weighted by molar-refractivity contribution is 5.87. The van der Waals surface area contributed by atoms with Crippen molar-refractivity contribution in [3.63, 3.8) is 0 Å². The Labute approximate surface area is 144 Å². The van der Waals surface area contributed by atoms with Crippen molar-refractivity contribution < 1.29 is 9.59 Å². The van der Waals surface area contributed by atoms with E-state index in [1.54, 1.807) is 0 Å². The fourth-order valence-electron chi connectivity index (χ4n) is 2.19. The summed E-state index contributed by atoms with van der Waals surface area (Å²) >= 11 is 0. The number of rotatable bonds is 10. The Morgan fingerprint density at radius 2 is 1.71 bits per heavy atom. The monoisotopic (exact) mass is 334 g/mol. The van der Waals surface area contributed by atoms with Crippen molar-refractivity contribution in [3.05, 3.63) is 35.9 Å². The van der Waals surface area contributed by atoms with Crippen LogP contribution in [0.3, 0.4) is 0 Å². The molecule has 0 saturated carbocycles. The zero-order valence-electron chi connectivity index (χ0n) is 14.9. The maximum Gasteiger partial charge on any atom is 0.315 e. The molecule has 0 saturated heterocycles. The number of hydrogen-bond acceptors (Lipinski definition) is 3. The second-order valence-corrected chi connectivity index (χ2v) is 6.08. The molecule has 1 unspecified atom stereocenters. The Morgan fingerprint density at radius 1 is 1.00 bits per heavy atom. The van der Waals surface area contributed by atoms with Crippen LogP contribution in [-0.4, -0.2) is 37.6 Å². The van der Waals surface area contributed by atoms with Crippen LogP contribution >= 0.6 is 0 Å². The van der Waals surface area contributed by atoms with Gasteiger partial charge in [-0.25, -0.2) is 4.79 Å². The molecule has 0 heterocycles. The number of carbonyl (C=O) groups is 2. The van der Waals surface area contributed by atoms with Crippen LogP contribution < -0.4 is 21.3 Å². The van der Waals surface area contributed by atoms with Crippen molar-refractivity contribution in [1.29, 1.82) is 0 Å². The van der Waals surface area contributed by atoms with Gasteiger partial charge in [0.05, 0.1) is 0 Å². The second-order valence-electron chi connectivity index (χ2n) is 6.08. The summed E-state index contributed by atoms with van der Waals surface area (Å²) in [5.74, 6) is -0.144. The van der Waals surface area contributed by atoms with Crippen LogP contribution in [0, 0.1) is 5.92 Å². The van der Waals surface area contributed by atoms with Gasteiger partial charge in [-0.05, 0) is 24.4 Å². The van der Waals surface area contributed by atoms with Gasteiger partial charge >= 0.3 is 6.03 Å². The van der Waals surface area contributed by atoms with Crippen LogP contribution in [0.15, 0.2) is 30.3 Å². The molecule has 0 radical (unpaired) electrons. The number of amides is 3. The van der Waals surface area contributed by atoms with E-state index < -0.39 is 6.04 Å². The molecule has 0 aliphatic heterocycles. The summed E-state index contributed by atoms with van der Waals surface area (Å²) in [6.07, 6.45) is 1.06. The Bertz CT molecular complexity index is 491. The number of hydrogen-bond donors (Lipinski definition) is 4. The predicted octanol–water partition coefficient (Wildman–Crippen LogP) is 1.63. The largest absolute Gasteiger partial charge is 0.353 e. The van der Waals surface area contributed by atoms with Crippen molar-refractivity contribution in [2.45, 2.75) is 39.8 Å². The molecule has 4 N–H and O–H groups in total. The van der Waals surface area contributed by atoms with Crippen LogP contribution in [0.4, 0.5) is 4.79 Å². The molecule has 3 amide bonds. The van der Waals surface area contributed by atoms with Crippen molar-refractivity contribution >= 4 is 11.9 Å². The number of nitrogens with one attached hydrogen (secondary N) is 4. The van der Waals surface area contributed by atoms with Crippen LogP contribution in [0.2, 0.25) is 0 Å². The first-order valence-electron chi connectivity index (χ1n) is 8.61. The molecule has 0 fully saturated rings. The van der Waals surface area contributed by atoms with Gasteiger partial charge in [0, 0.05) is 19.6 Å². The van der Waals surface area contributed by atoms with Crippen molar-refractivity contribution in [2.24, 2.45) is 5.92 Å². The Morgan fingerprint density at radius 3 is 2.33 bits per heavy atom. The number of benzene rings is 1. The molecule has 0 aliphatic rings. The minimum Gasteiger partial charge on any atom is -0.353 e. The molecular formula is C18H30N4O2. The van der Waals surface area contributed by atoms with Gasteiger partial charge in [0.2, 0.25) is 5.91 Å². The van der Waals surface area contributed by atoms with E-state index in [-0.39, 0.29) is 17.9 Å². The van der Waals surface area contributed by atoms with Gasteiger partial charge in [0.25, 0.3) is 0 Å². The lowest BCUT2D eigenvalue weighted by atomic mass is 10.0. The van der Waals surface area contributed by atoms with Crippen molar-refractivity contribution in [2.75, 3.05) is 19.6 Å². The lowest BCUT2D eigenvalue weighted by molar-refractivity contribution is -0.123. The third-order valence-electron chi connectivity index (χ3n) is 3.56. The highest BCUT2D eigenvalue weighted by Crippen LogP contribution is 2.02. The highest BCUT2D eigenvalue weighted by Gasteiger charge is 2.23. The molecule has 1 aromatic carbocycles. The zero-order valence-corrected chi connectivity index (χ0v) is 14.9. The number of carbonyl (C=O) groups excluding carboxylic acids is 2. The predicted molar refractivity (Wildman–Crippen MR) is 96.6 cm³/mol. The maximum absolute atomic E-state index is 12.2. The van der Waals surface area contributed by atoms with E-state index in [0.717, 1.165) is 25.1 Å². The Kier molecular flexibility index (Phi) is 9.53. The molecule has 6 nitrogen and oxygen atoms in total. The average molecular weight is 334 g/mol. The zero-order chi connectivity index (χ0) is 17.8. The molecule has 1 aromatic rings. The van der Waals surface area contributed by atoms with Gasteiger partial charge in [-0.3, -0.25) is 4.79 Å². The van der Waals surface area contributed by atoms with E-state index in [9.17, 15) is 9.59 Å². The average Bonchev–Trinajstić information content (AvgIpc) is 2.58. The molecule has 6 heteroatoms. The Hall–Kier alpha value is -2.08. The van der Waals surface area contributed by atoms with Crippen LogP contribution in [0.1, 0.15) is 32.8 Å².